The number of aliphatic hydroxyl groups excluding tert-OH is 3. The number of aliphatic hydroxyl groups is 3. The van der Waals surface area contributed by atoms with Gasteiger partial charge in [-0.15, -0.1) is 0 Å². The van der Waals surface area contributed by atoms with Crippen molar-refractivity contribution in [2.75, 3.05) is 49.0 Å². The second-order valence-corrected chi connectivity index (χ2v) is 19.6. The molecule has 1 amide bonds. The molecule has 294 valence electrons. The van der Waals surface area contributed by atoms with Crippen LogP contribution < -0.4 is 70.2 Å². The molecule has 2 unspecified atom stereocenters. The van der Waals surface area contributed by atoms with Crippen molar-refractivity contribution < 1.29 is 121 Å². The number of anilines is 2. The Morgan fingerprint density at radius 2 is 1.38 bits per heavy atom. The van der Waals surface area contributed by atoms with Gasteiger partial charge in [-0.1, -0.05) is 21.6 Å². The van der Waals surface area contributed by atoms with E-state index in [9.17, 15) is 24.1 Å². The Labute approximate surface area is 379 Å². The number of hydrogen-bond acceptors (Lipinski definition) is 24. The largest absolute Gasteiger partial charge is 1.00 e. The number of fused-ring (bicyclic) bond motifs is 4. The second kappa shape index (κ2) is 20.0. The topological polar surface area (TPSA) is 302 Å². The van der Waals surface area contributed by atoms with Crippen molar-refractivity contribution in [1.82, 2.24) is 39.0 Å². The van der Waals surface area contributed by atoms with Crippen LogP contribution in [0.4, 0.5) is 16.4 Å². The summed E-state index contributed by atoms with van der Waals surface area (Å²) in [6, 6.07) is 0. The van der Waals surface area contributed by atoms with Crippen molar-refractivity contribution >= 4 is 99.7 Å². The van der Waals surface area contributed by atoms with Crippen molar-refractivity contribution in [2.45, 2.75) is 49.1 Å². The van der Waals surface area contributed by atoms with Gasteiger partial charge in [-0.25, -0.2) is 34.7 Å². The van der Waals surface area contributed by atoms with Crippen LogP contribution >= 0.6 is 35.2 Å². The van der Waals surface area contributed by atoms with Gasteiger partial charge in [0.1, 0.15) is 61.4 Å². The molecule has 0 bridgehead atoms. The molecule has 10 atom stereocenters. The van der Waals surface area contributed by atoms with Crippen LogP contribution in [-0.4, -0.2) is 135 Å². The summed E-state index contributed by atoms with van der Waals surface area (Å²) < 4.78 is 69.2. The first kappa shape index (κ1) is 46.7. The first-order valence-electron chi connectivity index (χ1n) is 15.7. The molecule has 0 aromatic carbocycles. The van der Waals surface area contributed by atoms with Gasteiger partial charge in [-0.3, -0.25) is 23.6 Å². The summed E-state index contributed by atoms with van der Waals surface area (Å²) >= 11 is 10.3. The maximum atomic E-state index is 13.5. The Kier molecular flexibility index (Phi) is 16.7. The van der Waals surface area contributed by atoms with Crippen molar-refractivity contribution in [3.63, 3.8) is 0 Å². The Morgan fingerprint density at radius 1 is 0.857 bits per heavy atom. The fourth-order valence-corrected chi connectivity index (χ4v) is 10.2. The zero-order chi connectivity index (χ0) is 38.2. The summed E-state index contributed by atoms with van der Waals surface area (Å²) in [7, 11) is 2.87. The van der Waals surface area contributed by atoms with Crippen LogP contribution in [0.2, 0.25) is 0 Å². The van der Waals surface area contributed by atoms with E-state index in [4.69, 9.17) is 67.6 Å². The van der Waals surface area contributed by atoms with Gasteiger partial charge in [-0.2, -0.15) is 0 Å². The summed E-state index contributed by atoms with van der Waals surface area (Å²) in [5, 5.41) is 34.1. The number of imidazole rings is 2. The maximum Gasteiger partial charge on any atom is 1.00 e. The molecule has 0 aliphatic carbocycles. The molecule has 0 saturated carbocycles. The normalized spacial score (nSPS) is 32.0. The molecular formula is C25H30N10Na2O13P2S4. The Morgan fingerprint density at radius 3 is 1.95 bits per heavy atom. The van der Waals surface area contributed by atoms with E-state index in [2.05, 4.69) is 35.2 Å². The predicted octanol–water partition coefficient (Wildman–Crippen LogP) is -5.18. The van der Waals surface area contributed by atoms with Crippen LogP contribution in [-0.2, 0) is 65.9 Å². The molecule has 3 fully saturated rings. The van der Waals surface area contributed by atoms with Gasteiger partial charge >= 0.3 is 65.2 Å². The molecule has 7 heterocycles. The number of carbonyl (C=O) groups is 1. The summed E-state index contributed by atoms with van der Waals surface area (Å²) in [5.41, 5.74) is 6.52. The fourth-order valence-electron chi connectivity index (χ4n) is 5.76. The number of carbonyl (C=O) groups excluding carboxylic acids is 1. The second-order valence-electron chi connectivity index (χ2n) is 11.5. The van der Waals surface area contributed by atoms with E-state index in [1.54, 1.807) is 0 Å². The van der Waals surface area contributed by atoms with Crippen LogP contribution in [0.3, 0.4) is 0 Å². The summed E-state index contributed by atoms with van der Waals surface area (Å²) in [6.45, 7) is -10.0. The van der Waals surface area contributed by atoms with Gasteiger partial charge < -0.3 is 77.9 Å². The van der Waals surface area contributed by atoms with E-state index in [1.165, 1.54) is 49.7 Å². The number of nitrogens with one attached hydrogen (secondary N) is 1. The summed E-state index contributed by atoms with van der Waals surface area (Å²) in [6.07, 6.45) is -7.29. The molecule has 7 rings (SSSR count). The first-order chi connectivity index (χ1) is 25.9. The van der Waals surface area contributed by atoms with Gasteiger partial charge in [0, 0.05) is 11.5 Å². The minimum atomic E-state index is -4.47. The van der Waals surface area contributed by atoms with Gasteiger partial charge in [0.25, 0.3) is 0 Å². The molecule has 3 aliphatic rings. The van der Waals surface area contributed by atoms with E-state index in [0.29, 0.717) is 11.5 Å². The van der Waals surface area contributed by atoms with Gasteiger partial charge in [0.2, 0.25) is 0 Å². The maximum absolute atomic E-state index is 13.5. The van der Waals surface area contributed by atoms with Crippen LogP contribution in [0.25, 0.3) is 22.3 Å². The van der Waals surface area contributed by atoms with E-state index in [-0.39, 0.29) is 106 Å². The third-order valence-corrected chi connectivity index (χ3v) is 13.5. The molecule has 0 spiro atoms. The number of nitrogen functional groups attached to an aromatic ring is 1. The van der Waals surface area contributed by atoms with E-state index in [1.807, 2.05) is 0 Å². The standard InChI is InChI=1S/C25H32N10O13P2S4.2Na/c26-19-13-21(29-7-27-19)34(9-31-13)23-15(37)17-11(45-23)5-43-50(41,52)48-18-12(6-44-49(40,51)47-17)46-24(16(18)38)35-10-32-14-20(28-8-30-22(14)35)33-25(39)42-2-4-54-53-3-1-36;;/h7-12,15-18,23-24,36-38H,1-6H2,(H,40,51)(H,41,52)(H2,26,27,29)(H,28,30,33,39);;/q;2*+1/p-2/t11-,12+,15-,16-,17-,18-,23+,24-,49?,50?;;/m1../s1. The van der Waals surface area contributed by atoms with Gasteiger partial charge in [0.05, 0.1) is 32.5 Å². The number of nitrogens with two attached hydrogens (primary N) is 1. The van der Waals surface area contributed by atoms with Gasteiger partial charge in [-0.05, 0) is 0 Å². The average Bonchev–Trinajstić information content (AvgIpc) is 3.89. The third-order valence-electron chi connectivity index (χ3n) is 8.09. The molecule has 23 nitrogen and oxygen atoms in total. The minimum Gasteiger partial charge on any atom is -0.660 e. The Hall–Kier alpha value is -0.330. The van der Waals surface area contributed by atoms with E-state index < -0.39 is 82.0 Å². The van der Waals surface area contributed by atoms with Crippen LogP contribution in [0.5, 0.6) is 0 Å². The molecular weight excluding hydrogens is 885 g/mol. The Balaban J connectivity index is 0.00000300. The number of aromatic nitrogens is 8. The molecule has 31 heteroatoms. The average molecular weight is 915 g/mol. The SMILES string of the molecule is Nc1ncnc2c1ncn2[C@H]1O[C@@H]2COP(=O)([S-])O[C@H]3[C@@H](O)[C@H](n4cnc5c(NC(=O)OCCSSCCO)ncnc54)O[C@H]3COP(=O)([S-])O[C@H]2[C@H]1O.[Na+].[Na+]. The molecule has 0 radical (unpaired) electrons. The Bertz CT molecular complexity index is 2100. The van der Waals surface area contributed by atoms with Crippen LogP contribution in [0.1, 0.15) is 12.5 Å². The number of amides is 1. The minimum absolute atomic E-state index is 0. The van der Waals surface area contributed by atoms with Crippen molar-refractivity contribution in [3.05, 3.63) is 25.3 Å². The number of hydrogen-bond donors (Lipinski definition) is 5. The zero-order valence-electron chi connectivity index (χ0n) is 29.3. The van der Waals surface area contributed by atoms with E-state index >= 15 is 0 Å². The van der Waals surface area contributed by atoms with Crippen LogP contribution in [0.15, 0.2) is 25.3 Å². The molecule has 6 N–H and O–H groups in total. The fraction of sp³-hybridized carbons (Fsp3) is 0.560. The molecule has 4 aromatic rings. The van der Waals surface area contributed by atoms with Crippen molar-refractivity contribution in [2.24, 2.45) is 0 Å². The summed E-state index contributed by atoms with van der Waals surface area (Å²) in [4.78, 5) is 37.1. The first-order valence-corrected chi connectivity index (χ1v) is 23.3. The molecule has 3 saturated heterocycles. The number of nitrogens with zero attached hydrogens (tertiary/aromatic N) is 8. The van der Waals surface area contributed by atoms with Crippen molar-refractivity contribution in [1.29, 1.82) is 0 Å². The number of rotatable bonds is 9. The third kappa shape index (κ3) is 10.4. The van der Waals surface area contributed by atoms with E-state index in [0.717, 1.165) is 6.33 Å². The smallest absolute Gasteiger partial charge is 0.660 e. The van der Waals surface area contributed by atoms with Crippen LogP contribution in [0, 0.1) is 0 Å². The molecule has 56 heavy (non-hydrogen) atoms. The number of ether oxygens (including phenoxy) is 3. The molecule has 4 aromatic heterocycles. The summed E-state index contributed by atoms with van der Waals surface area (Å²) in [5.74, 6) is 1.10. The monoisotopic (exact) mass is 914 g/mol. The zero-order valence-corrected chi connectivity index (χ0v) is 38.3. The predicted molar refractivity (Wildman–Crippen MR) is 193 cm³/mol. The quantitative estimate of drug-likeness (QED) is 0.0345. The van der Waals surface area contributed by atoms with Crippen molar-refractivity contribution in [3.8, 4) is 0 Å². The van der Waals surface area contributed by atoms with Gasteiger partial charge in [0.15, 0.2) is 54.5 Å². The molecule has 3 aliphatic heterocycles.